The predicted molar refractivity (Wildman–Crippen MR) is 86.4 cm³/mol. The van der Waals surface area contributed by atoms with Crippen LogP contribution in [0.2, 0.25) is 0 Å². The molecule has 8 heteroatoms. The van der Waals surface area contributed by atoms with Gasteiger partial charge < -0.3 is 5.32 Å². The molecule has 118 valence electrons. The number of carbonyl (C=O) groups excluding carboxylic acids is 1. The molecule has 3 aromatic rings. The molecule has 0 fully saturated rings. The number of aromatic nitrogens is 5. The maximum absolute atomic E-state index is 12.6. The summed E-state index contributed by atoms with van der Waals surface area (Å²) in [6.07, 6.45) is 7.03. The second kappa shape index (κ2) is 6.25. The minimum Gasteiger partial charge on any atom is -0.340 e. The fourth-order valence-corrected chi connectivity index (χ4v) is 2.95. The molecule has 0 aliphatic rings. The largest absolute Gasteiger partial charge is 0.340 e. The summed E-state index contributed by atoms with van der Waals surface area (Å²) in [7, 11) is 0. The maximum atomic E-state index is 12.6. The van der Waals surface area contributed by atoms with E-state index in [1.807, 2.05) is 19.2 Å². The molecule has 7 nitrogen and oxygen atoms in total. The van der Waals surface area contributed by atoms with Gasteiger partial charge in [-0.15, -0.1) is 11.3 Å². The first-order chi connectivity index (χ1) is 11.1. The summed E-state index contributed by atoms with van der Waals surface area (Å²) in [5, 5.41) is 9.89. The van der Waals surface area contributed by atoms with Crippen LogP contribution in [0, 0.1) is 0 Å². The molecule has 1 N–H and O–H groups in total. The smallest absolute Gasteiger partial charge is 0.252 e. The lowest BCUT2D eigenvalue weighted by Crippen LogP contribution is -2.43. The molecule has 1 amide bonds. The minimum atomic E-state index is -0.498. The molecule has 1 unspecified atom stereocenters. The van der Waals surface area contributed by atoms with Gasteiger partial charge in [-0.05, 0) is 25.5 Å². The molecule has 3 aromatic heterocycles. The number of amides is 1. The van der Waals surface area contributed by atoms with Crippen molar-refractivity contribution < 1.29 is 4.79 Å². The number of hydrogen-bond donors (Lipinski definition) is 1. The molecule has 0 spiro atoms. The van der Waals surface area contributed by atoms with E-state index in [2.05, 4.69) is 25.4 Å². The second-order valence-electron chi connectivity index (χ2n) is 5.22. The van der Waals surface area contributed by atoms with E-state index >= 15 is 0 Å². The number of hydrogen-bond acceptors (Lipinski definition) is 6. The highest BCUT2D eigenvalue weighted by Crippen LogP contribution is 2.26. The lowest BCUT2D eigenvalue weighted by Gasteiger charge is -2.27. The molecule has 3 rings (SSSR count). The van der Waals surface area contributed by atoms with Crippen LogP contribution in [-0.4, -0.2) is 30.6 Å². The van der Waals surface area contributed by atoms with E-state index in [-0.39, 0.29) is 5.91 Å². The molecule has 0 saturated carbocycles. The highest BCUT2D eigenvalue weighted by atomic mass is 32.1. The van der Waals surface area contributed by atoms with Crippen LogP contribution in [0.25, 0.3) is 5.82 Å². The lowest BCUT2D eigenvalue weighted by atomic mass is 9.99. The fourth-order valence-electron chi connectivity index (χ4n) is 2.12. The first kappa shape index (κ1) is 15.3. The Morgan fingerprint density at radius 2 is 2.26 bits per heavy atom. The molecule has 0 aliphatic heterocycles. The first-order valence-electron chi connectivity index (χ1n) is 7.16. The van der Waals surface area contributed by atoms with Crippen molar-refractivity contribution in [2.75, 3.05) is 0 Å². The van der Waals surface area contributed by atoms with Gasteiger partial charge in [-0.3, -0.25) is 4.79 Å². The van der Waals surface area contributed by atoms with Crippen molar-refractivity contribution in [2.45, 2.75) is 25.8 Å². The Morgan fingerprint density at radius 1 is 1.39 bits per heavy atom. The van der Waals surface area contributed by atoms with Crippen molar-refractivity contribution in [1.82, 2.24) is 30.0 Å². The van der Waals surface area contributed by atoms with Crippen LogP contribution < -0.4 is 5.32 Å². The van der Waals surface area contributed by atoms with E-state index in [4.69, 9.17) is 0 Å². The number of thiazole rings is 1. The highest BCUT2D eigenvalue weighted by molar-refractivity contribution is 7.09. The zero-order chi connectivity index (χ0) is 16.3. The monoisotopic (exact) mass is 328 g/mol. The van der Waals surface area contributed by atoms with Gasteiger partial charge in [0.05, 0.1) is 5.54 Å². The SMILES string of the molecule is CCC(C)(NC(=O)c1ccnc(-n2cncn2)c1)c1nccs1. The minimum absolute atomic E-state index is 0.173. The normalized spacial score (nSPS) is 13.5. The van der Waals surface area contributed by atoms with Gasteiger partial charge in [0, 0.05) is 23.3 Å². The lowest BCUT2D eigenvalue weighted by molar-refractivity contribution is 0.0901. The third-order valence-electron chi connectivity index (χ3n) is 3.66. The Bertz CT molecular complexity index is 786. The van der Waals surface area contributed by atoms with Gasteiger partial charge in [-0.25, -0.2) is 19.6 Å². The van der Waals surface area contributed by atoms with Crippen LogP contribution in [0.4, 0.5) is 0 Å². The summed E-state index contributed by atoms with van der Waals surface area (Å²) in [5.74, 6) is 0.371. The third-order valence-corrected chi connectivity index (χ3v) is 4.70. The fraction of sp³-hybridized carbons (Fsp3) is 0.267. The molecule has 0 aliphatic carbocycles. The van der Waals surface area contributed by atoms with Crippen molar-refractivity contribution >= 4 is 17.2 Å². The van der Waals surface area contributed by atoms with Crippen molar-refractivity contribution in [3.8, 4) is 5.82 Å². The molecule has 1 atom stereocenters. The Balaban J connectivity index is 1.85. The number of rotatable bonds is 5. The molecule has 0 saturated heterocycles. The van der Waals surface area contributed by atoms with E-state index in [1.165, 1.54) is 28.7 Å². The quantitative estimate of drug-likeness (QED) is 0.776. The van der Waals surface area contributed by atoms with Gasteiger partial charge >= 0.3 is 0 Å². The van der Waals surface area contributed by atoms with Crippen LogP contribution in [0.5, 0.6) is 0 Å². The Hall–Kier alpha value is -2.61. The van der Waals surface area contributed by atoms with E-state index in [0.29, 0.717) is 11.4 Å². The van der Waals surface area contributed by atoms with Crippen molar-refractivity contribution in [2.24, 2.45) is 0 Å². The van der Waals surface area contributed by atoms with Crippen molar-refractivity contribution in [1.29, 1.82) is 0 Å². The molecular formula is C15H16N6OS. The second-order valence-corrected chi connectivity index (χ2v) is 6.11. The summed E-state index contributed by atoms with van der Waals surface area (Å²) >= 11 is 1.53. The number of carbonyl (C=O) groups is 1. The molecular weight excluding hydrogens is 312 g/mol. The third kappa shape index (κ3) is 3.11. The molecule has 0 bridgehead atoms. The summed E-state index contributed by atoms with van der Waals surface area (Å²) in [4.78, 5) is 25.0. The Morgan fingerprint density at radius 3 is 2.91 bits per heavy atom. The predicted octanol–water partition coefficient (Wildman–Crippen LogP) is 2.17. The van der Waals surface area contributed by atoms with Crippen LogP contribution in [-0.2, 0) is 5.54 Å². The first-order valence-corrected chi connectivity index (χ1v) is 8.04. The van der Waals surface area contributed by atoms with Gasteiger partial charge in [-0.2, -0.15) is 5.10 Å². The maximum Gasteiger partial charge on any atom is 0.252 e. The summed E-state index contributed by atoms with van der Waals surface area (Å²) in [5.41, 5.74) is 0.0174. The van der Waals surface area contributed by atoms with E-state index in [9.17, 15) is 4.79 Å². The zero-order valence-electron chi connectivity index (χ0n) is 12.8. The average Bonchev–Trinajstić information content (AvgIpc) is 3.28. The molecule has 0 radical (unpaired) electrons. The van der Waals surface area contributed by atoms with Gasteiger partial charge in [0.15, 0.2) is 5.82 Å². The van der Waals surface area contributed by atoms with E-state index < -0.39 is 5.54 Å². The topological polar surface area (TPSA) is 85.6 Å². The average molecular weight is 328 g/mol. The molecule has 0 aromatic carbocycles. The number of nitrogens with one attached hydrogen (secondary N) is 1. The van der Waals surface area contributed by atoms with Crippen LogP contribution >= 0.6 is 11.3 Å². The number of nitrogens with zero attached hydrogens (tertiary/aromatic N) is 5. The number of pyridine rings is 1. The zero-order valence-corrected chi connectivity index (χ0v) is 13.6. The standard InChI is InChI=1S/C15H16N6OS/c1-3-15(2,14-18-6-7-23-14)20-13(22)11-4-5-17-12(8-11)21-10-16-9-19-21/h4-10H,3H2,1-2H3,(H,20,22). The molecule has 23 heavy (non-hydrogen) atoms. The Kier molecular flexibility index (Phi) is 4.16. The van der Waals surface area contributed by atoms with Crippen molar-refractivity contribution in [3.63, 3.8) is 0 Å². The molecule has 3 heterocycles. The summed E-state index contributed by atoms with van der Waals surface area (Å²) in [6, 6.07) is 3.36. The summed E-state index contributed by atoms with van der Waals surface area (Å²) < 4.78 is 1.51. The van der Waals surface area contributed by atoms with Gasteiger partial charge in [-0.1, -0.05) is 6.92 Å². The van der Waals surface area contributed by atoms with E-state index in [1.54, 1.807) is 24.5 Å². The van der Waals surface area contributed by atoms with Crippen LogP contribution in [0.1, 0.15) is 35.6 Å². The van der Waals surface area contributed by atoms with Gasteiger partial charge in [0.2, 0.25) is 0 Å². The van der Waals surface area contributed by atoms with Gasteiger partial charge in [0.25, 0.3) is 5.91 Å². The highest BCUT2D eigenvalue weighted by Gasteiger charge is 2.29. The van der Waals surface area contributed by atoms with Gasteiger partial charge in [0.1, 0.15) is 17.7 Å². The van der Waals surface area contributed by atoms with Crippen molar-refractivity contribution in [3.05, 3.63) is 53.1 Å². The Labute approximate surface area is 137 Å². The van der Waals surface area contributed by atoms with Crippen LogP contribution in [0.3, 0.4) is 0 Å². The van der Waals surface area contributed by atoms with E-state index in [0.717, 1.165) is 11.4 Å². The summed E-state index contributed by atoms with van der Waals surface area (Å²) in [6.45, 7) is 4.00. The van der Waals surface area contributed by atoms with Crippen LogP contribution in [0.15, 0.2) is 42.6 Å².